The van der Waals surface area contributed by atoms with Crippen molar-refractivity contribution in [2.24, 2.45) is 29.1 Å². The molecule has 6 nitrogen and oxygen atoms in total. The maximum absolute atomic E-state index is 13.6. The lowest BCUT2D eigenvalue weighted by molar-refractivity contribution is -0.148. The van der Waals surface area contributed by atoms with Gasteiger partial charge in [0.2, 0.25) is 16.9 Å². The lowest BCUT2D eigenvalue weighted by Gasteiger charge is -2.55. The summed E-state index contributed by atoms with van der Waals surface area (Å²) in [5, 5.41) is 15.2. The Bertz CT molecular complexity index is 1000. The second-order valence-electron chi connectivity index (χ2n) is 10.4. The zero-order valence-corrected chi connectivity index (χ0v) is 20.0. The molecule has 1 aromatic carbocycles. The van der Waals surface area contributed by atoms with E-state index in [1.54, 1.807) is 12.1 Å². The van der Waals surface area contributed by atoms with Gasteiger partial charge in [-0.2, -0.15) is 0 Å². The molecule has 176 valence electrons. The number of rotatable bonds is 7. The molecule has 1 aromatic heterocycles. The SMILES string of the molecule is CCC(C)C(NC(=O)C12CC3CC(CC(C3)C1)C2)C(=O)Nc1nnc(-c2ccc(F)cc2)s1. The molecule has 2 unspecified atom stereocenters. The molecule has 0 radical (unpaired) electrons. The second kappa shape index (κ2) is 8.78. The maximum Gasteiger partial charge on any atom is 0.249 e. The van der Waals surface area contributed by atoms with Gasteiger partial charge in [0.25, 0.3) is 0 Å². The molecule has 2 N–H and O–H groups in total. The van der Waals surface area contributed by atoms with E-state index in [0.29, 0.717) is 27.9 Å². The smallest absolute Gasteiger partial charge is 0.249 e. The van der Waals surface area contributed by atoms with Crippen molar-refractivity contribution in [3.05, 3.63) is 30.1 Å². The van der Waals surface area contributed by atoms with Crippen LogP contribution >= 0.6 is 11.3 Å². The van der Waals surface area contributed by atoms with Crippen LogP contribution in [0.4, 0.5) is 9.52 Å². The standard InChI is InChI=1S/C25H31FN4O2S/c1-3-14(2)20(27-23(32)25-11-15-8-16(12-25)10-17(9-15)13-25)21(31)28-24-30-29-22(33-24)18-4-6-19(26)7-5-18/h4-7,14-17,20H,3,8-13H2,1-2H3,(H,27,32)(H,28,30,31). The van der Waals surface area contributed by atoms with Crippen LogP contribution < -0.4 is 10.6 Å². The third kappa shape index (κ3) is 4.42. The first-order chi connectivity index (χ1) is 15.8. The fourth-order valence-corrected chi connectivity index (χ4v) is 7.30. The van der Waals surface area contributed by atoms with Crippen LogP contribution in [0.5, 0.6) is 0 Å². The highest BCUT2D eigenvalue weighted by molar-refractivity contribution is 7.18. The summed E-state index contributed by atoms with van der Waals surface area (Å²) in [7, 11) is 0. The van der Waals surface area contributed by atoms with Crippen LogP contribution in [-0.2, 0) is 9.59 Å². The zero-order chi connectivity index (χ0) is 23.2. The van der Waals surface area contributed by atoms with Crippen LogP contribution in [0.15, 0.2) is 24.3 Å². The molecular weight excluding hydrogens is 439 g/mol. The molecule has 2 amide bonds. The highest BCUT2D eigenvalue weighted by atomic mass is 32.1. The summed E-state index contributed by atoms with van der Waals surface area (Å²) in [6.45, 7) is 4.02. The summed E-state index contributed by atoms with van der Waals surface area (Å²) in [5.74, 6) is 1.49. The Morgan fingerprint density at radius 2 is 1.70 bits per heavy atom. The van der Waals surface area contributed by atoms with Crippen molar-refractivity contribution in [3.63, 3.8) is 0 Å². The van der Waals surface area contributed by atoms with Gasteiger partial charge >= 0.3 is 0 Å². The van der Waals surface area contributed by atoms with Crippen molar-refractivity contribution in [3.8, 4) is 10.6 Å². The molecule has 33 heavy (non-hydrogen) atoms. The van der Waals surface area contributed by atoms with Gasteiger partial charge in [-0.25, -0.2) is 4.39 Å². The average molecular weight is 471 g/mol. The van der Waals surface area contributed by atoms with Crippen molar-refractivity contribution in [2.45, 2.75) is 64.8 Å². The predicted molar refractivity (Wildman–Crippen MR) is 126 cm³/mol. The first kappa shape index (κ1) is 22.4. The minimum atomic E-state index is -0.617. The first-order valence-corrected chi connectivity index (χ1v) is 12.9. The predicted octanol–water partition coefficient (Wildman–Crippen LogP) is 5.03. The van der Waals surface area contributed by atoms with Gasteiger partial charge in [0, 0.05) is 11.0 Å². The van der Waals surface area contributed by atoms with Crippen LogP contribution in [0.1, 0.15) is 58.8 Å². The number of amides is 2. The fraction of sp³-hybridized carbons (Fsp3) is 0.600. The molecule has 4 fully saturated rings. The molecular formula is C25H31FN4O2S. The Hall–Kier alpha value is -2.35. The third-order valence-corrected chi connectivity index (χ3v) is 8.94. The molecule has 0 aliphatic heterocycles. The second-order valence-corrected chi connectivity index (χ2v) is 11.4. The molecule has 6 rings (SSSR count). The molecule has 8 heteroatoms. The molecule has 4 aliphatic rings. The number of aromatic nitrogens is 2. The van der Waals surface area contributed by atoms with E-state index >= 15 is 0 Å². The van der Waals surface area contributed by atoms with E-state index in [1.807, 2.05) is 13.8 Å². The van der Waals surface area contributed by atoms with Crippen LogP contribution in [0.3, 0.4) is 0 Å². The van der Waals surface area contributed by atoms with Gasteiger partial charge in [0.1, 0.15) is 16.9 Å². The van der Waals surface area contributed by atoms with Gasteiger partial charge in [0.15, 0.2) is 0 Å². The fourth-order valence-electron chi connectivity index (χ4n) is 6.55. The van der Waals surface area contributed by atoms with Crippen LogP contribution in [-0.4, -0.2) is 28.1 Å². The molecule has 0 spiro atoms. The highest BCUT2D eigenvalue weighted by Crippen LogP contribution is 2.60. The Labute approximate surface area is 197 Å². The number of anilines is 1. The van der Waals surface area contributed by atoms with Gasteiger partial charge in [-0.05, 0) is 86.5 Å². The lowest BCUT2D eigenvalue weighted by Crippen LogP contribution is -2.58. The van der Waals surface area contributed by atoms with Gasteiger partial charge in [-0.3, -0.25) is 14.9 Å². The monoisotopic (exact) mass is 470 g/mol. The molecule has 2 atom stereocenters. The molecule has 4 aliphatic carbocycles. The van der Waals surface area contributed by atoms with Crippen molar-refractivity contribution < 1.29 is 14.0 Å². The Kier molecular flexibility index (Phi) is 5.97. The first-order valence-electron chi connectivity index (χ1n) is 12.1. The Morgan fingerprint density at radius 1 is 1.09 bits per heavy atom. The van der Waals surface area contributed by atoms with E-state index in [-0.39, 0.29) is 29.0 Å². The van der Waals surface area contributed by atoms with Crippen molar-refractivity contribution in [2.75, 3.05) is 5.32 Å². The minimum Gasteiger partial charge on any atom is -0.344 e. The highest BCUT2D eigenvalue weighted by Gasteiger charge is 2.55. The van der Waals surface area contributed by atoms with Crippen molar-refractivity contribution >= 4 is 28.3 Å². The quantitative estimate of drug-likeness (QED) is 0.594. The Balaban J connectivity index is 1.29. The summed E-state index contributed by atoms with van der Waals surface area (Å²) < 4.78 is 13.2. The van der Waals surface area contributed by atoms with E-state index in [1.165, 1.54) is 42.7 Å². The van der Waals surface area contributed by atoms with Crippen LogP contribution in [0, 0.1) is 34.9 Å². The normalized spacial score (nSPS) is 29.5. The van der Waals surface area contributed by atoms with E-state index in [4.69, 9.17) is 0 Å². The lowest BCUT2D eigenvalue weighted by atomic mass is 9.49. The number of nitrogens with one attached hydrogen (secondary N) is 2. The van der Waals surface area contributed by atoms with Gasteiger partial charge in [0.05, 0.1) is 0 Å². The van der Waals surface area contributed by atoms with E-state index in [9.17, 15) is 14.0 Å². The Morgan fingerprint density at radius 3 is 2.27 bits per heavy atom. The van der Waals surface area contributed by atoms with E-state index in [2.05, 4.69) is 20.8 Å². The van der Waals surface area contributed by atoms with E-state index < -0.39 is 6.04 Å². The summed E-state index contributed by atoms with van der Waals surface area (Å²) >= 11 is 1.23. The topological polar surface area (TPSA) is 84.0 Å². The van der Waals surface area contributed by atoms with Gasteiger partial charge in [-0.15, -0.1) is 10.2 Å². The zero-order valence-electron chi connectivity index (χ0n) is 19.1. The summed E-state index contributed by atoms with van der Waals surface area (Å²) in [5.41, 5.74) is 0.446. The number of carbonyl (C=O) groups excluding carboxylic acids is 2. The molecule has 4 saturated carbocycles. The number of nitrogens with zero attached hydrogens (tertiary/aromatic N) is 2. The van der Waals surface area contributed by atoms with Crippen molar-refractivity contribution in [1.82, 2.24) is 15.5 Å². The van der Waals surface area contributed by atoms with E-state index in [0.717, 1.165) is 31.2 Å². The molecule has 1 heterocycles. The summed E-state index contributed by atoms with van der Waals surface area (Å²) in [4.78, 5) is 26.8. The summed E-state index contributed by atoms with van der Waals surface area (Å²) in [6, 6.07) is 5.39. The largest absolute Gasteiger partial charge is 0.344 e. The molecule has 0 saturated heterocycles. The van der Waals surface area contributed by atoms with Crippen molar-refractivity contribution in [1.29, 1.82) is 0 Å². The minimum absolute atomic E-state index is 0.00708. The molecule has 2 aromatic rings. The van der Waals surface area contributed by atoms with Crippen LogP contribution in [0.2, 0.25) is 0 Å². The average Bonchev–Trinajstić information content (AvgIpc) is 3.24. The summed E-state index contributed by atoms with van der Waals surface area (Å²) in [6.07, 6.45) is 7.50. The number of hydrogen-bond donors (Lipinski definition) is 2. The third-order valence-electron chi connectivity index (χ3n) is 8.05. The number of benzene rings is 1. The number of carbonyl (C=O) groups is 2. The molecule has 4 bridgehead atoms. The number of halogens is 1. The van der Waals surface area contributed by atoms with Crippen LogP contribution in [0.25, 0.3) is 10.6 Å². The van der Waals surface area contributed by atoms with Gasteiger partial charge < -0.3 is 5.32 Å². The maximum atomic E-state index is 13.6. The van der Waals surface area contributed by atoms with Gasteiger partial charge in [-0.1, -0.05) is 31.6 Å². The number of hydrogen-bond acceptors (Lipinski definition) is 5.